The van der Waals surface area contributed by atoms with E-state index in [1.807, 2.05) is 0 Å². The van der Waals surface area contributed by atoms with Crippen LogP contribution in [0.25, 0.3) is 0 Å². The van der Waals surface area contributed by atoms with Gasteiger partial charge in [-0.2, -0.15) is 87.8 Å². The quantitative estimate of drug-likeness (QED) is 0.123. The van der Waals surface area contributed by atoms with Gasteiger partial charge in [0, 0.05) is 22.5 Å². The van der Waals surface area contributed by atoms with Gasteiger partial charge in [0.05, 0.1) is 0 Å². The normalized spacial score (nSPS) is 14.9. The molecule has 0 unspecified atom stereocenters. The summed E-state index contributed by atoms with van der Waals surface area (Å²) in [5.74, 6) is -83.1. The first kappa shape index (κ1) is 46.8. The minimum absolute atomic E-state index is 0.0496. The Balaban J connectivity index is 2.76. The zero-order valence-corrected chi connectivity index (χ0v) is 28.3. The number of nitrogens with two attached hydrogens (primary N) is 2. The van der Waals surface area contributed by atoms with Crippen molar-refractivity contribution < 1.29 is 87.8 Å². The van der Waals surface area contributed by atoms with Crippen molar-refractivity contribution >= 4 is 11.4 Å². The van der Waals surface area contributed by atoms with Crippen molar-refractivity contribution in [2.45, 2.75) is 125 Å². The second kappa shape index (κ2) is 14.3. The van der Waals surface area contributed by atoms with E-state index in [4.69, 9.17) is 11.5 Å². The average molecular weight is 825 g/mol. The van der Waals surface area contributed by atoms with Crippen molar-refractivity contribution in [3.05, 3.63) is 57.6 Å². The van der Waals surface area contributed by atoms with Gasteiger partial charge in [-0.15, -0.1) is 0 Å². The Hall–Kier alpha value is -3.36. The molecule has 0 saturated carbocycles. The molecule has 4 N–H and O–H groups in total. The Labute approximate surface area is 294 Å². The maximum Gasteiger partial charge on any atom is 0.385 e. The zero-order chi connectivity index (χ0) is 42.7. The standard InChI is InChI=1S/C32H32F20N2/c1-5-7-9-17-13-19(11-15(3)21(17)53)23(33,34)25(37,38)27(41,42)29(45,46)31(49,50)32(51,52)30(47,48)28(43,44)26(39,40)24(35,36)20-12-16(4)22(54)18(14-20)10-8-6-2/h11-14H,5-10,53-54H2,1-4H3. The van der Waals surface area contributed by atoms with Crippen LogP contribution in [0.1, 0.15) is 72.9 Å². The number of aryl methyl sites for hydroxylation is 4. The highest BCUT2D eigenvalue weighted by molar-refractivity contribution is 5.57. The van der Waals surface area contributed by atoms with Crippen molar-refractivity contribution in [2.24, 2.45) is 0 Å². The van der Waals surface area contributed by atoms with Crippen LogP contribution >= 0.6 is 0 Å². The van der Waals surface area contributed by atoms with Crippen LogP contribution in [0.2, 0.25) is 0 Å². The molecule has 310 valence electrons. The average Bonchev–Trinajstić information content (AvgIpc) is 3.04. The van der Waals surface area contributed by atoms with Crippen molar-refractivity contribution in [3.63, 3.8) is 0 Å². The monoisotopic (exact) mass is 824 g/mol. The second-order valence-corrected chi connectivity index (χ2v) is 12.7. The highest BCUT2D eigenvalue weighted by atomic mass is 19.4. The zero-order valence-electron chi connectivity index (χ0n) is 28.3. The first-order chi connectivity index (χ1) is 24.0. The van der Waals surface area contributed by atoms with Crippen LogP contribution in [0.4, 0.5) is 99.2 Å². The van der Waals surface area contributed by atoms with Gasteiger partial charge < -0.3 is 11.5 Å². The van der Waals surface area contributed by atoms with Crippen molar-refractivity contribution in [1.82, 2.24) is 0 Å². The maximum absolute atomic E-state index is 15.0. The number of alkyl halides is 20. The summed E-state index contributed by atoms with van der Waals surface area (Å²) in [6, 6.07) is -0.407. The fourth-order valence-electron chi connectivity index (χ4n) is 5.19. The molecule has 0 bridgehead atoms. The third kappa shape index (κ3) is 6.57. The number of halogens is 20. The molecule has 0 aromatic heterocycles. The Kier molecular flexibility index (Phi) is 12.4. The van der Waals surface area contributed by atoms with Crippen LogP contribution in [0.15, 0.2) is 24.3 Å². The Morgan fingerprint density at radius 3 is 0.833 bits per heavy atom. The van der Waals surface area contributed by atoms with Crippen molar-refractivity contribution in [1.29, 1.82) is 0 Å². The van der Waals surface area contributed by atoms with Crippen molar-refractivity contribution in [2.75, 3.05) is 11.5 Å². The van der Waals surface area contributed by atoms with Crippen LogP contribution in [0, 0.1) is 13.8 Å². The number of hydrogen-bond acceptors (Lipinski definition) is 2. The summed E-state index contributed by atoms with van der Waals surface area (Å²) in [6.45, 7) is 4.60. The summed E-state index contributed by atoms with van der Waals surface area (Å²) in [7, 11) is 0. The van der Waals surface area contributed by atoms with Crippen LogP contribution in [-0.2, 0) is 24.7 Å². The number of anilines is 2. The number of rotatable bonds is 17. The number of unbranched alkanes of at least 4 members (excludes halogenated alkanes) is 2. The van der Waals surface area contributed by atoms with E-state index in [0.717, 1.165) is 13.8 Å². The summed E-state index contributed by atoms with van der Waals surface area (Å²) in [6.07, 6.45) is -0.1000. The van der Waals surface area contributed by atoms with E-state index in [2.05, 4.69) is 0 Å². The number of benzene rings is 2. The summed E-state index contributed by atoms with van der Waals surface area (Å²) >= 11 is 0. The first-order valence-corrected chi connectivity index (χ1v) is 15.5. The van der Waals surface area contributed by atoms with Crippen LogP contribution in [0.3, 0.4) is 0 Å². The molecule has 0 radical (unpaired) electrons. The molecule has 0 aliphatic carbocycles. The van der Waals surface area contributed by atoms with Gasteiger partial charge in [-0.1, -0.05) is 26.7 Å². The lowest BCUT2D eigenvalue weighted by Gasteiger charge is -2.45. The number of hydrogen-bond donors (Lipinski definition) is 2. The van der Waals surface area contributed by atoms with E-state index in [1.54, 1.807) is 0 Å². The van der Waals surface area contributed by atoms with Crippen LogP contribution in [-0.4, -0.2) is 47.4 Å². The van der Waals surface area contributed by atoms with Crippen LogP contribution < -0.4 is 11.5 Å². The third-order valence-corrected chi connectivity index (χ3v) is 8.82. The highest BCUT2D eigenvalue weighted by Gasteiger charge is 2.97. The van der Waals surface area contributed by atoms with E-state index >= 15 is 0 Å². The number of nitrogen functional groups attached to an aromatic ring is 2. The van der Waals surface area contributed by atoms with Crippen molar-refractivity contribution in [3.8, 4) is 0 Å². The Morgan fingerprint density at radius 1 is 0.389 bits per heavy atom. The van der Waals surface area contributed by atoms with E-state index in [-0.39, 0.29) is 62.8 Å². The van der Waals surface area contributed by atoms with Gasteiger partial charge >= 0.3 is 59.2 Å². The molecule has 2 nitrogen and oxygen atoms in total. The summed E-state index contributed by atoms with van der Waals surface area (Å²) in [5.41, 5.74) is 3.31. The Bertz CT molecular complexity index is 1540. The molecule has 2 aromatic rings. The van der Waals surface area contributed by atoms with E-state index in [0.29, 0.717) is 0 Å². The molecule has 0 heterocycles. The molecule has 0 aliphatic heterocycles. The van der Waals surface area contributed by atoms with Crippen LogP contribution in [0.5, 0.6) is 0 Å². The van der Waals surface area contributed by atoms with E-state index < -0.39 is 104 Å². The molecule has 0 atom stereocenters. The van der Waals surface area contributed by atoms with Gasteiger partial charge in [-0.25, -0.2) is 0 Å². The summed E-state index contributed by atoms with van der Waals surface area (Å²) in [5, 5.41) is 0. The molecular formula is C32H32F20N2. The van der Waals surface area contributed by atoms with Gasteiger partial charge in [0.1, 0.15) is 0 Å². The first-order valence-electron chi connectivity index (χ1n) is 15.5. The molecule has 2 aromatic carbocycles. The lowest BCUT2D eigenvalue weighted by Crippen LogP contribution is -2.76. The molecule has 0 spiro atoms. The second-order valence-electron chi connectivity index (χ2n) is 12.7. The largest absolute Gasteiger partial charge is 0.398 e. The summed E-state index contributed by atoms with van der Waals surface area (Å²) < 4.78 is 294. The van der Waals surface area contributed by atoms with Gasteiger partial charge in [-0.05, 0) is 86.1 Å². The maximum atomic E-state index is 15.0. The van der Waals surface area contributed by atoms with Gasteiger partial charge in [-0.3, -0.25) is 0 Å². The molecule has 0 aliphatic rings. The smallest absolute Gasteiger partial charge is 0.385 e. The summed E-state index contributed by atoms with van der Waals surface area (Å²) in [4.78, 5) is 0. The minimum Gasteiger partial charge on any atom is -0.398 e. The molecule has 2 rings (SSSR count). The molecule has 0 amide bonds. The Morgan fingerprint density at radius 2 is 0.611 bits per heavy atom. The third-order valence-electron chi connectivity index (χ3n) is 8.82. The molecule has 0 fully saturated rings. The fourth-order valence-corrected chi connectivity index (χ4v) is 5.19. The minimum atomic E-state index is -9.12. The van der Waals surface area contributed by atoms with Gasteiger partial charge in [0.25, 0.3) is 0 Å². The lowest BCUT2D eigenvalue weighted by molar-refractivity contribution is -0.470. The topological polar surface area (TPSA) is 52.0 Å². The van der Waals surface area contributed by atoms with Gasteiger partial charge in [0.2, 0.25) is 0 Å². The predicted octanol–water partition coefficient (Wildman–Crippen LogP) is 12.1. The van der Waals surface area contributed by atoms with E-state index in [1.165, 1.54) is 13.8 Å². The molecule has 54 heavy (non-hydrogen) atoms. The fraction of sp³-hybridized carbons (Fsp3) is 0.625. The molecular weight excluding hydrogens is 792 g/mol. The molecule has 22 heteroatoms. The SMILES string of the molecule is CCCCc1cc(C(F)(F)C(F)(F)C(F)(F)C(F)(F)C(F)(F)C(F)(F)C(F)(F)C(F)(F)C(F)(F)C(F)(F)c2cc(C)c(N)c(CCCC)c2)cc(C)c1N. The lowest BCUT2D eigenvalue weighted by atomic mass is 9.83. The molecule has 0 saturated heterocycles. The van der Waals surface area contributed by atoms with Gasteiger partial charge in [0.15, 0.2) is 0 Å². The predicted molar refractivity (Wildman–Crippen MR) is 156 cm³/mol. The highest BCUT2D eigenvalue weighted by Crippen LogP contribution is 2.67. The van der Waals surface area contributed by atoms with E-state index in [9.17, 15) is 87.8 Å².